The van der Waals surface area contributed by atoms with Crippen molar-refractivity contribution in [2.24, 2.45) is 17.6 Å². The summed E-state index contributed by atoms with van der Waals surface area (Å²) in [4.78, 5) is 11.4. The molecule has 0 rings (SSSR count). The first kappa shape index (κ1) is 11.6. The largest absolute Gasteiger partial charge is 0.330 e. The van der Waals surface area contributed by atoms with E-state index in [4.69, 9.17) is 5.73 Å². The molecule has 2 nitrogen and oxygen atoms in total. The fraction of sp³-hybridized carbons (Fsp3) is 0.900. The van der Waals surface area contributed by atoms with Gasteiger partial charge in [-0.3, -0.25) is 4.79 Å². The van der Waals surface area contributed by atoms with Gasteiger partial charge in [0.25, 0.3) is 0 Å². The number of hydrogen-bond acceptors (Lipinski definition) is 2. The summed E-state index contributed by atoms with van der Waals surface area (Å²) in [5.74, 6) is 0.779. The first-order valence-corrected chi connectivity index (χ1v) is 4.83. The van der Waals surface area contributed by atoms with Crippen molar-refractivity contribution in [3.8, 4) is 0 Å². The van der Waals surface area contributed by atoms with Crippen LogP contribution in [0.2, 0.25) is 0 Å². The summed E-state index contributed by atoms with van der Waals surface area (Å²) in [6.07, 6.45) is 3.11. The number of carbonyl (C=O) groups excluding carboxylic acids is 1. The molecule has 0 aliphatic heterocycles. The van der Waals surface area contributed by atoms with Crippen LogP contribution in [0.1, 0.15) is 40.0 Å². The molecular formula is C10H21NO. The van der Waals surface area contributed by atoms with E-state index in [1.165, 1.54) is 0 Å². The minimum Gasteiger partial charge on any atom is -0.330 e. The quantitative estimate of drug-likeness (QED) is 0.621. The Morgan fingerprint density at radius 3 is 2.25 bits per heavy atom. The molecule has 0 aromatic carbocycles. The lowest BCUT2D eigenvalue weighted by molar-refractivity contribution is -0.125. The molecule has 0 saturated heterocycles. The predicted molar refractivity (Wildman–Crippen MR) is 51.9 cm³/mol. The molecular weight excluding hydrogens is 150 g/mol. The first-order chi connectivity index (χ1) is 5.59. The Kier molecular flexibility index (Phi) is 5.99. The van der Waals surface area contributed by atoms with Gasteiger partial charge in [0.2, 0.25) is 0 Å². The number of carbonyl (C=O) groups is 1. The van der Waals surface area contributed by atoms with Crippen molar-refractivity contribution in [1.82, 2.24) is 0 Å². The van der Waals surface area contributed by atoms with Crippen LogP contribution < -0.4 is 5.73 Å². The van der Waals surface area contributed by atoms with E-state index in [-0.39, 0.29) is 11.8 Å². The SMILES string of the molecule is CC(C)C(=O)C(C)CCCCN. The summed E-state index contributed by atoms with van der Waals surface area (Å²) in [5.41, 5.74) is 5.37. The summed E-state index contributed by atoms with van der Waals surface area (Å²) in [6.45, 7) is 6.67. The third-order valence-corrected chi connectivity index (χ3v) is 2.15. The molecule has 1 unspecified atom stereocenters. The van der Waals surface area contributed by atoms with Crippen molar-refractivity contribution in [1.29, 1.82) is 0 Å². The smallest absolute Gasteiger partial charge is 0.138 e. The molecule has 0 fully saturated rings. The second-order valence-corrected chi connectivity index (χ2v) is 3.74. The van der Waals surface area contributed by atoms with Crippen molar-refractivity contribution in [2.75, 3.05) is 6.54 Å². The molecule has 0 aliphatic rings. The Balaban J connectivity index is 3.57. The van der Waals surface area contributed by atoms with Crippen LogP contribution in [0.3, 0.4) is 0 Å². The molecule has 0 radical (unpaired) electrons. The second kappa shape index (κ2) is 6.18. The lowest BCUT2D eigenvalue weighted by Gasteiger charge is -2.11. The highest BCUT2D eigenvalue weighted by Gasteiger charge is 2.15. The predicted octanol–water partition coefficient (Wildman–Crippen LogP) is 1.98. The maximum absolute atomic E-state index is 11.4. The fourth-order valence-corrected chi connectivity index (χ4v) is 1.31. The number of rotatable bonds is 6. The van der Waals surface area contributed by atoms with Crippen LogP contribution >= 0.6 is 0 Å². The Labute approximate surface area is 75.5 Å². The van der Waals surface area contributed by atoms with E-state index in [0.29, 0.717) is 5.78 Å². The van der Waals surface area contributed by atoms with E-state index in [9.17, 15) is 4.79 Å². The van der Waals surface area contributed by atoms with Gasteiger partial charge in [-0.05, 0) is 19.4 Å². The third-order valence-electron chi connectivity index (χ3n) is 2.15. The fourth-order valence-electron chi connectivity index (χ4n) is 1.31. The van der Waals surface area contributed by atoms with Crippen molar-refractivity contribution in [2.45, 2.75) is 40.0 Å². The van der Waals surface area contributed by atoms with Gasteiger partial charge in [-0.1, -0.05) is 27.2 Å². The molecule has 0 heterocycles. The van der Waals surface area contributed by atoms with Gasteiger partial charge < -0.3 is 5.73 Å². The highest BCUT2D eigenvalue weighted by Crippen LogP contribution is 2.13. The maximum Gasteiger partial charge on any atom is 0.138 e. The van der Waals surface area contributed by atoms with Gasteiger partial charge >= 0.3 is 0 Å². The number of hydrogen-bond donors (Lipinski definition) is 1. The summed E-state index contributed by atoms with van der Waals surface area (Å²) in [6, 6.07) is 0. The molecule has 1 atom stereocenters. The Hall–Kier alpha value is -0.370. The number of unbranched alkanes of at least 4 members (excludes halogenated alkanes) is 1. The molecule has 0 bridgehead atoms. The van der Waals surface area contributed by atoms with Gasteiger partial charge in [0.05, 0.1) is 0 Å². The van der Waals surface area contributed by atoms with E-state index < -0.39 is 0 Å². The topological polar surface area (TPSA) is 43.1 Å². The summed E-state index contributed by atoms with van der Waals surface area (Å²) in [5, 5.41) is 0. The van der Waals surface area contributed by atoms with Crippen LogP contribution in [0.4, 0.5) is 0 Å². The van der Waals surface area contributed by atoms with Gasteiger partial charge in [0.15, 0.2) is 0 Å². The average Bonchev–Trinajstić information content (AvgIpc) is 2.03. The van der Waals surface area contributed by atoms with E-state index >= 15 is 0 Å². The standard InChI is InChI=1S/C10H21NO/c1-8(2)10(12)9(3)6-4-5-7-11/h8-9H,4-7,11H2,1-3H3. The zero-order valence-corrected chi connectivity index (χ0v) is 8.47. The van der Waals surface area contributed by atoms with Gasteiger partial charge in [-0.15, -0.1) is 0 Å². The Morgan fingerprint density at radius 2 is 1.83 bits per heavy atom. The maximum atomic E-state index is 11.4. The van der Waals surface area contributed by atoms with Gasteiger partial charge in [-0.2, -0.15) is 0 Å². The second-order valence-electron chi connectivity index (χ2n) is 3.74. The summed E-state index contributed by atoms with van der Waals surface area (Å²) >= 11 is 0. The van der Waals surface area contributed by atoms with Crippen molar-refractivity contribution in [3.05, 3.63) is 0 Å². The van der Waals surface area contributed by atoms with Crippen LogP contribution in [0, 0.1) is 11.8 Å². The summed E-state index contributed by atoms with van der Waals surface area (Å²) < 4.78 is 0. The normalized spacial score (nSPS) is 13.4. The molecule has 0 amide bonds. The molecule has 2 N–H and O–H groups in total. The lowest BCUT2D eigenvalue weighted by Crippen LogP contribution is -2.17. The van der Waals surface area contributed by atoms with Crippen molar-refractivity contribution < 1.29 is 4.79 Å². The average molecular weight is 171 g/mol. The van der Waals surface area contributed by atoms with Gasteiger partial charge in [-0.25, -0.2) is 0 Å². The Morgan fingerprint density at radius 1 is 1.25 bits per heavy atom. The van der Waals surface area contributed by atoms with E-state index in [0.717, 1.165) is 25.8 Å². The number of nitrogens with two attached hydrogens (primary N) is 1. The van der Waals surface area contributed by atoms with E-state index in [1.807, 2.05) is 20.8 Å². The molecule has 72 valence electrons. The zero-order chi connectivity index (χ0) is 9.56. The molecule has 12 heavy (non-hydrogen) atoms. The van der Waals surface area contributed by atoms with E-state index in [1.54, 1.807) is 0 Å². The molecule has 2 heteroatoms. The molecule has 0 aromatic heterocycles. The minimum atomic E-state index is 0.179. The number of ketones is 1. The highest BCUT2D eigenvalue weighted by molar-refractivity contribution is 5.82. The van der Waals surface area contributed by atoms with Gasteiger partial charge in [0, 0.05) is 11.8 Å². The lowest BCUT2D eigenvalue weighted by atomic mass is 9.92. The third kappa shape index (κ3) is 4.50. The van der Waals surface area contributed by atoms with Crippen molar-refractivity contribution >= 4 is 5.78 Å². The Bertz CT molecular complexity index is 132. The zero-order valence-electron chi connectivity index (χ0n) is 8.47. The number of Topliss-reactive ketones (excluding diaryl/α,β-unsaturated/α-hetero) is 1. The molecule has 0 spiro atoms. The van der Waals surface area contributed by atoms with Crippen LogP contribution in [0.15, 0.2) is 0 Å². The van der Waals surface area contributed by atoms with E-state index in [2.05, 4.69) is 0 Å². The minimum absolute atomic E-state index is 0.179. The van der Waals surface area contributed by atoms with Crippen LogP contribution in [-0.4, -0.2) is 12.3 Å². The van der Waals surface area contributed by atoms with Crippen LogP contribution in [0.5, 0.6) is 0 Å². The molecule has 0 saturated carbocycles. The summed E-state index contributed by atoms with van der Waals surface area (Å²) in [7, 11) is 0. The van der Waals surface area contributed by atoms with Crippen molar-refractivity contribution in [3.63, 3.8) is 0 Å². The first-order valence-electron chi connectivity index (χ1n) is 4.83. The van der Waals surface area contributed by atoms with Crippen LogP contribution in [-0.2, 0) is 4.79 Å². The van der Waals surface area contributed by atoms with Crippen LogP contribution in [0.25, 0.3) is 0 Å². The highest BCUT2D eigenvalue weighted by atomic mass is 16.1. The molecule has 0 aromatic rings. The van der Waals surface area contributed by atoms with Gasteiger partial charge in [0.1, 0.15) is 5.78 Å². The monoisotopic (exact) mass is 171 g/mol. The molecule has 0 aliphatic carbocycles.